The van der Waals surface area contributed by atoms with E-state index >= 15 is 9.18 Å². The molecule has 4 fully saturated rings. The van der Waals surface area contributed by atoms with Crippen molar-refractivity contribution in [2.75, 3.05) is 51.6 Å². The van der Waals surface area contributed by atoms with Crippen molar-refractivity contribution in [2.24, 2.45) is 0 Å². The van der Waals surface area contributed by atoms with Gasteiger partial charge in [-0.2, -0.15) is 14.8 Å². The summed E-state index contributed by atoms with van der Waals surface area (Å²) < 4.78 is 49.9. The molecule has 0 spiro atoms. The van der Waals surface area contributed by atoms with Crippen LogP contribution in [0.4, 0.5) is 19.4 Å². The molecule has 0 saturated carbocycles. The average molecular weight is 843 g/mol. The number of benzene rings is 2. The smallest absolute Gasteiger partial charge is 0.407 e. The molecule has 4 aromatic rings. The molecule has 320 valence electrons. The van der Waals surface area contributed by atoms with E-state index in [9.17, 15) is 14.3 Å². The number of alkyl halides is 1. The number of fused-ring (bicyclic) bond motifs is 5. The third-order valence-corrected chi connectivity index (χ3v) is 20.1. The largest absolute Gasteiger partial charge is 0.476 e. The minimum Gasteiger partial charge on any atom is -0.476 e. The van der Waals surface area contributed by atoms with Gasteiger partial charge in [0.2, 0.25) is 5.88 Å². The van der Waals surface area contributed by atoms with E-state index in [1.807, 2.05) is 4.90 Å². The predicted molar refractivity (Wildman–Crippen MR) is 230 cm³/mol. The fraction of sp³-hybridized carbons (Fsp3) is 0.556. The van der Waals surface area contributed by atoms with Crippen molar-refractivity contribution in [1.82, 2.24) is 24.6 Å². The molecule has 6 heterocycles. The van der Waals surface area contributed by atoms with Crippen LogP contribution in [-0.2, 0) is 4.74 Å². The number of aromatic nitrogens is 3. The lowest BCUT2D eigenvalue weighted by atomic mass is 9.95. The minimum absolute atomic E-state index is 0.0565. The number of ether oxygens (including phenoxy) is 3. The van der Waals surface area contributed by atoms with Crippen molar-refractivity contribution < 1.29 is 32.9 Å². The molecular formula is C45H56F2N6O6Si. The highest BCUT2D eigenvalue weighted by atomic mass is 28.3. The summed E-state index contributed by atoms with van der Waals surface area (Å²) in [6.07, 6.45) is 3.27. The third-order valence-electron chi connectivity index (χ3n) is 13.9. The molecule has 1 amide bonds. The highest BCUT2D eigenvalue weighted by Crippen LogP contribution is 2.43. The molecule has 1 N–H and O–H groups in total. The Hall–Kier alpha value is -4.78. The molecule has 0 aliphatic carbocycles. The first-order chi connectivity index (χ1) is 28.7. The molecule has 4 saturated heterocycles. The number of hydrogen-bond donors (Lipinski definition) is 1. The molecular weight excluding hydrogens is 787 g/mol. The molecule has 4 atom stereocenters. The molecule has 2 unspecified atom stereocenters. The quantitative estimate of drug-likeness (QED) is 0.0906. The van der Waals surface area contributed by atoms with Crippen LogP contribution >= 0.6 is 0 Å². The van der Waals surface area contributed by atoms with Gasteiger partial charge >= 0.3 is 6.09 Å². The minimum atomic E-state index is -2.31. The lowest BCUT2D eigenvalue weighted by Crippen LogP contribution is -2.55. The van der Waals surface area contributed by atoms with Crippen LogP contribution in [0.2, 0.25) is 16.6 Å². The van der Waals surface area contributed by atoms with Crippen LogP contribution in [0.3, 0.4) is 0 Å². The zero-order chi connectivity index (χ0) is 42.7. The standard InChI is InChI=1S/C45H56F2N6O6Si/c1-27(2)60(28(3)4,29(5)6)16-13-35-38(47)12-9-30-17-34(59-26-57-7)18-39(41(30)35)53-43(54)36-19-40(58-25-45-14-8-15-51(45)22-31(46)20-45)49-42(37(36)21-48-53)50-23-32-10-11-33(24-50)52(32)44(55)56/h9,12,17-19,21,27-29,31-33H,8,10-11,14-15,20,22-26H2,1-7H3,(H,55,56)/t31-,32?,33?,45+/m0/s1. The lowest BCUT2D eigenvalue weighted by Gasteiger charge is -2.40. The number of carbonyl (C=O) groups is 1. The van der Waals surface area contributed by atoms with E-state index in [4.69, 9.17) is 24.3 Å². The number of carboxylic acid groups (broad SMARTS) is 1. The number of piperazine rings is 1. The zero-order valence-electron chi connectivity index (χ0n) is 35.6. The van der Waals surface area contributed by atoms with Crippen molar-refractivity contribution in [3.8, 4) is 28.8 Å². The lowest BCUT2D eigenvalue weighted by molar-refractivity contribution is 0.0512. The Morgan fingerprint density at radius 1 is 1.02 bits per heavy atom. The van der Waals surface area contributed by atoms with E-state index in [2.05, 4.69) is 57.9 Å². The van der Waals surface area contributed by atoms with Crippen LogP contribution in [0.15, 0.2) is 41.3 Å². The van der Waals surface area contributed by atoms with Crippen LogP contribution in [0.25, 0.3) is 27.2 Å². The van der Waals surface area contributed by atoms with Crippen molar-refractivity contribution in [3.63, 3.8) is 0 Å². The van der Waals surface area contributed by atoms with Crippen LogP contribution in [0.5, 0.6) is 11.6 Å². The van der Waals surface area contributed by atoms with Gasteiger partial charge in [0.05, 0.1) is 45.8 Å². The molecule has 8 rings (SSSR count). The van der Waals surface area contributed by atoms with Gasteiger partial charge in [-0.1, -0.05) is 53.5 Å². The van der Waals surface area contributed by atoms with Gasteiger partial charge in [-0.15, -0.1) is 5.54 Å². The summed E-state index contributed by atoms with van der Waals surface area (Å²) in [6.45, 7) is 15.3. The zero-order valence-corrected chi connectivity index (χ0v) is 36.6. The Bertz CT molecular complexity index is 2400. The number of halogens is 2. The number of amides is 1. The maximum atomic E-state index is 16.3. The van der Waals surface area contributed by atoms with Gasteiger partial charge < -0.3 is 24.2 Å². The molecule has 15 heteroatoms. The van der Waals surface area contributed by atoms with Crippen molar-refractivity contribution in [2.45, 2.75) is 114 Å². The summed E-state index contributed by atoms with van der Waals surface area (Å²) in [5.74, 6) is 3.90. The van der Waals surface area contributed by atoms with Crippen molar-refractivity contribution in [3.05, 3.63) is 58.3 Å². The molecule has 4 aliphatic rings. The van der Waals surface area contributed by atoms with E-state index in [0.29, 0.717) is 70.4 Å². The Labute approximate surface area is 350 Å². The van der Waals surface area contributed by atoms with Gasteiger partial charge in [0.15, 0.2) is 6.79 Å². The molecule has 0 radical (unpaired) electrons. The van der Waals surface area contributed by atoms with E-state index in [1.54, 1.807) is 30.5 Å². The number of nitrogens with zero attached hydrogens (tertiary/aromatic N) is 6. The van der Waals surface area contributed by atoms with Crippen molar-refractivity contribution >= 4 is 41.5 Å². The van der Waals surface area contributed by atoms with Gasteiger partial charge in [-0.3, -0.25) is 14.6 Å². The number of anilines is 1. The molecule has 12 nitrogen and oxygen atoms in total. The molecule has 4 aliphatic heterocycles. The van der Waals surface area contributed by atoms with E-state index in [1.165, 1.54) is 22.8 Å². The first kappa shape index (κ1) is 41.9. The highest BCUT2D eigenvalue weighted by Gasteiger charge is 2.50. The Morgan fingerprint density at radius 3 is 2.40 bits per heavy atom. The topological polar surface area (TPSA) is 122 Å². The highest BCUT2D eigenvalue weighted by molar-refractivity contribution is 6.90. The number of methoxy groups -OCH3 is 1. The molecule has 2 aromatic carbocycles. The maximum Gasteiger partial charge on any atom is 0.407 e. The maximum absolute atomic E-state index is 16.3. The van der Waals surface area contributed by atoms with Crippen LogP contribution in [0.1, 0.15) is 79.2 Å². The monoisotopic (exact) mass is 842 g/mol. The second-order valence-corrected chi connectivity index (χ2v) is 23.7. The number of pyridine rings is 1. The number of rotatable bonds is 11. The Morgan fingerprint density at radius 2 is 1.73 bits per heavy atom. The van der Waals surface area contributed by atoms with Gasteiger partial charge in [0.25, 0.3) is 5.56 Å². The normalized spacial score (nSPS) is 23.0. The number of hydrogen-bond acceptors (Lipinski definition) is 9. The van der Waals surface area contributed by atoms with Gasteiger partial charge in [-0.25, -0.2) is 13.6 Å². The first-order valence-electron chi connectivity index (χ1n) is 21.3. The molecule has 2 aromatic heterocycles. The fourth-order valence-corrected chi connectivity index (χ4v) is 16.3. The Balaban J connectivity index is 1.31. The Kier molecular flexibility index (Phi) is 11.4. The average Bonchev–Trinajstić information content (AvgIpc) is 3.83. The second kappa shape index (κ2) is 16.2. The van der Waals surface area contributed by atoms with E-state index in [-0.39, 0.29) is 48.0 Å². The van der Waals surface area contributed by atoms with E-state index in [0.717, 1.165) is 32.2 Å². The van der Waals surface area contributed by atoms with Crippen molar-refractivity contribution in [1.29, 1.82) is 0 Å². The summed E-state index contributed by atoms with van der Waals surface area (Å²) in [4.78, 5) is 38.0. The van der Waals surface area contributed by atoms with Gasteiger partial charge in [0.1, 0.15) is 38.2 Å². The SMILES string of the molecule is COCOc1cc(-n2ncc3c(N4CC5CCC(C4)N5C(=O)O)nc(OC[C@]45CCCN4C[C@@H](F)C5)cc3c2=O)c2c(C#C[Si](C(C)C)(C(C)C)C(C)C)c(F)ccc2c1. The summed E-state index contributed by atoms with van der Waals surface area (Å²) in [5, 5.41) is 16.5. The van der Waals surface area contributed by atoms with Gasteiger partial charge in [-0.05, 0) is 66.4 Å². The third kappa shape index (κ3) is 7.17. The summed E-state index contributed by atoms with van der Waals surface area (Å²) >= 11 is 0. The van der Waals surface area contributed by atoms with Crippen LogP contribution in [-0.4, -0.2) is 114 Å². The van der Waals surface area contributed by atoms with Crippen LogP contribution in [0, 0.1) is 17.3 Å². The summed E-state index contributed by atoms with van der Waals surface area (Å²) in [7, 11) is -0.794. The first-order valence-corrected chi connectivity index (χ1v) is 23.5. The van der Waals surface area contributed by atoms with E-state index < -0.39 is 37.3 Å². The molecule has 60 heavy (non-hydrogen) atoms. The molecule has 2 bridgehead atoms. The summed E-state index contributed by atoms with van der Waals surface area (Å²) in [5.41, 5.74) is 4.13. The van der Waals surface area contributed by atoms with Gasteiger partial charge in [0, 0.05) is 50.7 Å². The summed E-state index contributed by atoms with van der Waals surface area (Å²) in [6, 6.07) is 7.63. The second-order valence-electron chi connectivity index (χ2n) is 18.1. The fourth-order valence-electron chi connectivity index (χ4n) is 11.1. The predicted octanol–water partition coefficient (Wildman–Crippen LogP) is 7.91. The van der Waals surface area contributed by atoms with Crippen LogP contribution < -0.4 is 19.9 Å².